The quantitative estimate of drug-likeness (QED) is 0.577. The Bertz CT molecular complexity index is 1070. The highest BCUT2D eigenvalue weighted by Gasteiger charge is 2.28. The van der Waals surface area contributed by atoms with Gasteiger partial charge < -0.3 is 5.32 Å². The second kappa shape index (κ2) is 9.16. The van der Waals surface area contributed by atoms with Crippen molar-refractivity contribution in [3.8, 4) is 5.69 Å². The average Bonchev–Trinajstić information content (AvgIpc) is 3.54. The van der Waals surface area contributed by atoms with Crippen molar-refractivity contribution < 1.29 is 9.00 Å². The summed E-state index contributed by atoms with van der Waals surface area (Å²) < 4.78 is 13.4. The maximum absolute atomic E-state index is 12.8. The molecule has 1 aromatic heterocycles. The second-order valence-corrected chi connectivity index (χ2v) is 9.52. The molecule has 1 fully saturated rings. The molecule has 3 aromatic rings. The number of carbonyl (C=O) groups excluding carboxylic acids is 1. The molecule has 162 valence electrons. The smallest absolute Gasteiger partial charge is 0.239 e. The van der Waals surface area contributed by atoms with Crippen molar-refractivity contribution in [3.63, 3.8) is 0 Å². The first-order chi connectivity index (χ1) is 14.9. The molecule has 1 N–H and O–H groups in total. The second-order valence-electron chi connectivity index (χ2n) is 8.14. The summed E-state index contributed by atoms with van der Waals surface area (Å²) in [5, 5.41) is 7.80. The van der Waals surface area contributed by atoms with Gasteiger partial charge in [0.1, 0.15) is 5.82 Å². The fourth-order valence-corrected chi connectivity index (χ4v) is 4.09. The van der Waals surface area contributed by atoms with Gasteiger partial charge in [0.2, 0.25) is 5.91 Å². The SMILES string of the molecule is C[C@@H](c1ccc([S@@](C)=O)cc1)N(C)CC(=O)Nc1cc(C2CC2)nn1-c1ccccc1. The summed E-state index contributed by atoms with van der Waals surface area (Å²) in [6.45, 7) is 2.31. The predicted molar refractivity (Wildman–Crippen MR) is 124 cm³/mol. The molecule has 2 atom stereocenters. The third kappa shape index (κ3) is 5.11. The number of aromatic nitrogens is 2. The van der Waals surface area contributed by atoms with Crippen molar-refractivity contribution >= 4 is 22.5 Å². The van der Waals surface area contributed by atoms with Crippen LogP contribution in [0.25, 0.3) is 5.69 Å². The monoisotopic (exact) mass is 436 g/mol. The summed E-state index contributed by atoms with van der Waals surface area (Å²) in [5.41, 5.74) is 3.05. The molecule has 0 aliphatic heterocycles. The highest BCUT2D eigenvalue weighted by molar-refractivity contribution is 7.84. The number of nitrogens with one attached hydrogen (secondary N) is 1. The molecular formula is C24H28N4O2S. The molecule has 1 aliphatic rings. The number of nitrogens with zero attached hydrogens (tertiary/aromatic N) is 3. The lowest BCUT2D eigenvalue weighted by Crippen LogP contribution is -2.32. The molecule has 0 unspecified atom stereocenters. The van der Waals surface area contributed by atoms with E-state index in [4.69, 9.17) is 5.10 Å². The molecule has 1 amide bonds. The van der Waals surface area contributed by atoms with Gasteiger partial charge >= 0.3 is 0 Å². The van der Waals surface area contributed by atoms with Crippen molar-refractivity contribution in [2.45, 2.75) is 36.6 Å². The normalized spacial score (nSPS) is 15.6. The van der Waals surface area contributed by atoms with E-state index in [0.717, 1.165) is 34.7 Å². The van der Waals surface area contributed by atoms with Gasteiger partial charge in [0.15, 0.2) is 0 Å². The maximum atomic E-state index is 12.8. The van der Waals surface area contributed by atoms with Crippen molar-refractivity contribution in [1.82, 2.24) is 14.7 Å². The van der Waals surface area contributed by atoms with Crippen molar-refractivity contribution in [1.29, 1.82) is 0 Å². The molecule has 7 heteroatoms. The predicted octanol–water partition coefficient (Wildman–Crippen LogP) is 4.12. The number of anilines is 1. The Hall–Kier alpha value is -2.77. The van der Waals surface area contributed by atoms with E-state index in [0.29, 0.717) is 11.7 Å². The number of amides is 1. The molecule has 4 rings (SSSR count). The summed E-state index contributed by atoms with van der Waals surface area (Å²) >= 11 is 0. The molecular weight excluding hydrogens is 408 g/mol. The molecule has 6 nitrogen and oxygen atoms in total. The number of rotatable bonds is 8. The number of para-hydroxylation sites is 1. The lowest BCUT2D eigenvalue weighted by Gasteiger charge is -2.24. The van der Waals surface area contributed by atoms with E-state index in [9.17, 15) is 9.00 Å². The Morgan fingerprint density at radius 3 is 2.48 bits per heavy atom. The van der Waals surface area contributed by atoms with E-state index < -0.39 is 10.8 Å². The zero-order valence-corrected chi connectivity index (χ0v) is 18.9. The number of carbonyl (C=O) groups is 1. The first kappa shape index (κ1) is 21.5. The van der Waals surface area contributed by atoms with E-state index in [2.05, 4.69) is 12.2 Å². The van der Waals surface area contributed by atoms with Crippen LogP contribution in [0.3, 0.4) is 0 Å². The van der Waals surface area contributed by atoms with Gasteiger partial charge in [-0.3, -0.25) is 13.9 Å². The van der Waals surface area contributed by atoms with Crippen LogP contribution in [0.1, 0.15) is 43.0 Å². The van der Waals surface area contributed by atoms with Crippen LogP contribution in [0.2, 0.25) is 0 Å². The van der Waals surface area contributed by atoms with Crippen molar-refractivity contribution in [2.75, 3.05) is 25.2 Å². The maximum Gasteiger partial charge on any atom is 0.239 e. The van der Waals surface area contributed by atoms with Gasteiger partial charge in [0.05, 0.1) is 17.9 Å². The molecule has 1 aliphatic carbocycles. The Balaban J connectivity index is 1.45. The zero-order valence-electron chi connectivity index (χ0n) is 18.1. The first-order valence-corrected chi connectivity index (χ1v) is 12.1. The van der Waals surface area contributed by atoms with E-state index in [1.165, 1.54) is 0 Å². The van der Waals surface area contributed by atoms with Gasteiger partial charge in [-0.25, -0.2) is 4.68 Å². The average molecular weight is 437 g/mol. The van der Waals surface area contributed by atoms with E-state index in [1.54, 1.807) is 6.26 Å². The molecule has 0 bridgehead atoms. The number of hydrogen-bond donors (Lipinski definition) is 1. The van der Waals surface area contributed by atoms with Gasteiger partial charge in [-0.15, -0.1) is 0 Å². The Morgan fingerprint density at radius 1 is 1.19 bits per heavy atom. The minimum atomic E-state index is -0.994. The number of hydrogen-bond acceptors (Lipinski definition) is 4. The summed E-state index contributed by atoms with van der Waals surface area (Å²) in [4.78, 5) is 15.6. The standard InChI is InChI=1S/C24H28N4O2S/c1-17(18-11-13-21(14-12-18)31(3)30)27(2)16-24(29)25-23-15-22(19-9-10-19)26-28(23)20-7-5-4-6-8-20/h4-8,11-15,17,19H,9-10,16H2,1-3H3,(H,25,29)/t17-,31+/m0/s1. The first-order valence-electron chi connectivity index (χ1n) is 10.5. The third-order valence-corrected chi connectivity index (χ3v) is 6.68. The van der Waals surface area contributed by atoms with Gasteiger partial charge in [0.25, 0.3) is 0 Å². The van der Waals surface area contributed by atoms with Gasteiger partial charge in [-0.2, -0.15) is 5.10 Å². The number of benzene rings is 2. The van der Waals surface area contributed by atoms with Crippen molar-refractivity contribution in [2.24, 2.45) is 0 Å². The van der Waals surface area contributed by atoms with Crippen LogP contribution < -0.4 is 5.32 Å². The fourth-order valence-electron chi connectivity index (χ4n) is 3.57. The van der Waals surface area contributed by atoms with E-state index >= 15 is 0 Å². The van der Waals surface area contributed by atoms with Crippen LogP contribution in [-0.2, 0) is 15.6 Å². The third-order valence-electron chi connectivity index (χ3n) is 5.74. The molecule has 0 spiro atoms. The summed E-state index contributed by atoms with van der Waals surface area (Å²) in [7, 11) is 0.937. The topological polar surface area (TPSA) is 67.2 Å². The van der Waals surface area contributed by atoms with Crippen LogP contribution >= 0.6 is 0 Å². The Morgan fingerprint density at radius 2 is 1.87 bits per heavy atom. The fraction of sp³-hybridized carbons (Fsp3) is 0.333. The zero-order chi connectivity index (χ0) is 22.0. The van der Waals surface area contributed by atoms with E-state index in [1.807, 2.05) is 77.3 Å². The van der Waals surface area contributed by atoms with Crippen LogP contribution in [0.15, 0.2) is 65.6 Å². The Kier molecular flexibility index (Phi) is 6.34. The molecule has 0 saturated heterocycles. The molecule has 31 heavy (non-hydrogen) atoms. The van der Waals surface area contributed by atoms with Crippen LogP contribution in [0.4, 0.5) is 5.82 Å². The molecule has 1 saturated carbocycles. The molecule has 1 heterocycles. The molecule has 0 radical (unpaired) electrons. The minimum Gasteiger partial charge on any atom is -0.309 e. The largest absolute Gasteiger partial charge is 0.309 e. The van der Waals surface area contributed by atoms with Gasteiger partial charge in [0, 0.05) is 40.0 Å². The molecule has 2 aromatic carbocycles. The minimum absolute atomic E-state index is 0.0474. The number of likely N-dealkylation sites (N-methyl/N-ethyl adjacent to an activating group) is 1. The highest BCUT2D eigenvalue weighted by Crippen LogP contribution is 2.40. The Labute approximate surface area is 185 Å². The van der Waals surface area contributed by atoms with Crippen LogP contribution in [-0.4, -0.2) is 44.6 Å². The van der Waals surface area contributed by atoms with Gasteiger partial charge in [-0.05, 0) is 56.6 Å². The lowest BCUT2D eigenvalue weighted by atomic mass is 10.1. The van der Waals surface area contributed by atoms with E-state index in [-0.39, 0.29) is 18.5 Å². The summed E-state index contributed by atoms with van der Waals surface area (Å²) in [5.74, 6) is 1.12. The highest BCUT2D eigenvalue weighted by atomic mass is 32.2. The van der Waals surface area contributed by atoms with Crippen LogP contribution in [0, 0.1) is 0 Å². The lowest BCUT2D eigenvalue weighted by molar-refractivity contribution is -0.117. The van der Waals surface area contributed by atoms with Gasteiger partial charge in [-0.1, -0.05) is 30.3 Å². The van der Waals surface area contributed by atoms with Crippen molar-refractivity contribution in [3.05, 3.63) is 71.9 Å². The summed E-state index contributed by atoms with van der Waals surface area (Å²) in [6, 6.07) is 19.6. The summed E-state index contributed by atoms with van der Waals surface area (Å²) in [6.07, 6.45) is 3.98. The van der Waals surface area contributed by atoms with Crippen LogP contribution in [0.5, 0.6) is 0 Å².